The third kappa shape index (κ3) is 4.68. The fourth-order valence-corrected chi connectivity index (χ4v) is 5.17. The summed E-state index contributed by atoms with van der Waals surface area (Å²) in [6.07, 6.45) is 3.97. The van der Waals surface area contributed by atoms with E-state index < -0.39 is 24.4 Å². The first-order valence-electron chi connectivity index (χ1n) is 10.3. The Morgan fingerprint density at radius 1 is 1.00 bits per heavy atom. The number of hydrogen-bond acceptors (Lipinski definition) is 5. The summed E-state index contributed by atoms with van der Waals surface area (Å²) >= 11 is 1.45. The summed E-state index contributed by atoms with van der Waals surface area (Å²) < 4.78 is 5.39. The number of aryl methyl sites for hydroxylation is 1. The first-order valence-corrected chi connectivity index (χ1v) is 11.1. The number of ether oxygens (including phenoxy) is 1. The SMILES string of the molecule is N#Cc1c(NC(=O)COC(=O)C(c2ccccc2)c2ccccc2)sc2c1CCCC2. The lowest BCUT2D eigenvalue weighted by molar-refractivity contribution is -0.147. The van der Waals surface area contributed by atoms with Crippen molar-refractivity contribution in [1.82, 2.24) is 0 Å². The van der Waals surface area contributed by atoms with Gasteiger partial charge in [-0.15, -0.1) is 11.3 Å². The largest absolute Gasteiger partial charge is 0.455 e. The van der Waals surface area contributed by atoms with Crippen molar-refractivity contribution in [2.45, 2.75) is 31.6 Å². The van der Waals surface area contributed by atoms with E-state index in [4.69, 9.17) is 4.74 Å². The zero-order valence-corrected chi connectivity index (χ0v) is 17.8. The molecule has 0 fully saturated rings. The molecule has 6 heteroatoms. The molecule has 1 N–H and O–H groups in total. The van der Waals surface area contributed by atoms with E-state index in [0.29, 0.717) is 10.6 Å². The first-order chi connectivity index (χ1) is 15.2. The molecule has 0 unspecified atom stereocenters. The second-order valence-corrected chi connectivity index (χ2v) is 8.54. The van der Waals surface area contributed by atoms with Crippen LogP contribution >= 0.6 is 11.3 Å². The Balaban J connectivity index is 1.45. The standard InChI is InChI=1S/C25H22N2O3S/c26-15-20-19-13-7-8-14-21(19)31-24(20)27-22(28)16-30-25(29)23(17-9-3-1-4-10-17)18-11-5-2-6-12-18/h1-6,9-12,23H,7-8,13-14,16H2,(H,27,28). The molecule has 0 spiro atoms. The zero-order valence-electron chi connectivity index (χ0n) is 17.0. The van der Waals surface area contributed by atoms with Crippen LogP contribution in [0.2, 0.25) is 0 Å². The van der Waals surface area contributed by atoms with Gasteiger partial charge in [0.15, 0.2) is 6.61 Å². The highest BCUT2D eigenvalue weighted by Gasteiger charge is 2.26. The van der Waals surface area contributed by atoms with Crippen molar-refractivity contribution < 1.29 is 14.3 Å². The van der Waals surface area contributed by atoms with Crippen molar-refractivity contribution in [3.63, 3.8) is 0 Å². The Labute approximate surface area is 185 Å². The van der Waals surface area contributed by atoms with Gasteiger partial charge in [-0.25, -0.2) is 0 Å². The lowest BCUT2D eigenvalue weighted by atomic mass is 9.91. The molecular weight excluding hydrogens is 408 g/mol. The highest BCUT2D eigenvalue weighted by Crippen LogP contribution is 2.37. The zero-order chi connectivity index (χ0) is 21.6. The molecule has 0 saturated heterocycles. The number of carbonyl (C=O) groups is 2. The summed E-state index contributed by atoms with van der Waals surface area (Å²) in [5, 5.41) is 12.9. The maximum atomic E-state index is 12.9. The van der Waals surface area contributed by atoms with Crippen LogP contribution in [0.3, 0.4) is 0 Å². The molecule has 156 valence electrons. The molecule has 1 aliphatic carbocycles. The van der Waals surface area contributed by atoms with Gasteiger partial charge in [0, 0.05) is 4.88 Å². The summed E-state index contributed by atoms with van der Waals surface area (Å²) in [5.41, 5.74) is 3.21. The van der Waals surface area contributed by atoms with Crippen molar-refractivity contribution in [2.75, 3.05) is 11.9 Å². The van der Waals surface area contributed by atoms with Crippen LogP contribution in [0, 0.1) is 11.3 Å². The van der Waals surface area contributed by atoms with Crippen LogP contribution < -0.4 is 5.32 Å². The van der Waals surface area contributed by atoms with E-state index in [9.17, 15) is 14.9 Å². The van der Waals surface area contributed by atoms with E-state index in [1.807, 2.05) is 60.7 Å². The molecular formula is C25H22N2O3S. The molecule has 5 nitrogen and oxygen atoms in total. The van der Waals surface area contributed by atoms with Crippen LogP contribution in [-0.2, 0) is 27.2 Å². The lowest BCUT2D eigenvalue weighted by Crippen LogP contribution is -2.24. The molecule has 1 heterocycles. The molecule has 0 radical (unpaired) electrons. The van der Waals surface area contributed by atoms with Gasteiger partial charge in [-0.05, 0) is 42.4 Å². The Bertz CT molecular complexity index is 1080. The van der Waals surface area contributed by atoms with Crippen molar-refractivity contribution >= 4 is 28.2 Å². The maximum absolute atomic E-state index is 12.9. The van der Waals surface area contributed by atoms with Gasteiger partial charge in [0.2, 0.25) is 0 Å². The number of fused-ring (bicyclic) bond motifs is 1. The minimum Gasteiger partial charge on any atom is -0.455 e. The lowest BCUT2D eigenvalue weighted by Gasteiger charge is -2.17. The van der Waals surface area contributed by atoms with Crippen molar-refractivity contribution in [3.8, 4) is 6.07 Å². The number of benzene rings is 2. The van der Waals surface area contributed by atoms with Crippen molar-refractivity contribution in [2.24, 2.45) is 0 Å². The van der Waals surface area contributed by atoms with Crippen LogP contribution in [-0.4, -0.2) is 18.5 Å². The molecule has 3 aromatic rings. The second-order valence-electron chi connectivity index (χ2n) is 7.44. The number of carbonyl (C=O) groups excluding carboxylic acids is 2. The molecule has 0 aliphatic heterocycles. The highest BCUT2D eigenvalue weighted by atomic mass is 32.1. The summed E-state index contributed by atoms with van der Waals surface area (Å²) in [6.45, 7) is -0.400. The van der Waals surface area contributed by atoms with Crippen molar-refractivity contribution in [1.29, 1.82) is 5.26 Å². The Kier molecular flexibility index (Phi) is 6.44. The predicted octanol–water partition coefficient (Wildman–Crippen LogP) is 4.81. The van der Waals surface area contributed by atoms with Gasteiger partial charge >= 0.3 is 5.97 Å². The number of rotatable bonds is 6. The highest BCUT2D eigenvalue weighted by molar-refractivity contribution is 7.16. The summed E-state index contributed by atoms with van der Waals surface area (Å²) in [7, 11) is 0. The number of thiophene rings is 1. The van der Waals surface area contributed by atoms with Crippen LogP contribution in [0.5, 0.6) is 0 Å². The number of nitrogens with zero attached hydrogens (tertiary/aromatic N) is 1. The summed E-state index contributed by atoms with van der Waals surface area (Å²) in [5.74, 6) is -1.54. The molecule has 1 aromatic heterocycles. The number of nitrogens with one attached hydrogen (secondary N) is 1. The van der Waals surface area contributed by atoms with Gasteiger partial charge in [-0.1, -0.05) is 60.7 Å². The first kappa shape index (κ1) is 20.8. The number of amides is 1. The summed E-state index contributed by atoms with van der Waals surface area (Å²) in [6, 6.07) is 20.9. The molecule has 1 amide bonds. The maximum Gasteiger partial charge on any atom is 0.318 e. The fourth-order valence-electron chi connectivity index (χ4n) is 3.91. The van der Waals surface area contributed by atoms with Crippen LogP contribution in [0.4, 0.5) is 5.00 Å². The minimum atomic E-state index is -0.612. The molecule has 4 rings (SSSR count). The summed E-state index contributed by atoms with van der Waals surface area (Å²) in [4.78, 5) is 26.6. The molecule has 0 atom stereocenters. The van der Waals surface area contributed by atoms with E-state index in [1.165, 1.54) is 16.2 Å². The van der Waals surface area contributed by atoms with E-state index in [-0.39, 0.29) is 0 Å². The van der Waals surface area contributed by atoms with Crippen LogP contribution in [0.25, 0.3) is 0 Å². The van der Waals surface area contributed by atoms with Gasteiger partial charge in [-0.3, -0.25) is 9.59 Å². The number of nitriles is 1. The monoisotopic (exact) mass is 430 g/mol. The average molecular weight is 431 g/mol. The Hall–Kier alpha value is -3.43. The number of esters is 1. The van der Waals surface area contributed by atoms with Gasteiger partial charge in [0.25, 0.3) is 5.91 Å². The normalized spacial score (nSPS) is 12.6. The van der Waals surface area contributed by atoms with E-state index in [0.717, 1.165) is 42.4 Å². The molecule has 31 heavy (non-hydrogen) atoms. The molecule has 0 bridgehead atoms. The van der Waals surface area contributed by atoms with Crippen LogP contribution in [0.1, 0.15) is 45.9 Å². The topological polar surface area (TPSA) is 79.2 Å². The second kappa shape index (κ2) is 9.59. The van der Waals surface area contributed by atoms with E-state index in [2.05, 4.69) is 11.4 Å². The fraction of sp³-hybridized carbons (Fsp3) is 0.240. The predicted molar refractivity (Wildman–Crippen MR) is 120 cm³/mol. The quantitative estimate of drug-likeness (QED) is 0.569. The Morgan fingerprint density at radius 2 is 1.61 bits per heavy atom. The minimum absolute atomic E-state index is 0.400. The van der Waals surface area contributed by atoms with E-state index in [1.54, 1.807) is 0 Å². The van der Waals surface area contributed by atoms with Gasteiger partial charge in [0.1, 0.15) is 17.0 Å². The van der Waals surface area contributed by atoms with Crippen molar-refractivity contribution in [3.05, 3.63) is 87.8 Å². The number of hydrogen-bond donors (Lipinski definition) is 1. The molecule has 0 saturated carbocycles. The third-order valence-corrected chi connectivity index (χ3v) is 6.59. The number of anilines is 1. The van der Waals surface area contributed by atoms with Gasteiger partial charge < -0.3 is 10.1 Å². The third-order valence-electron chi connectivity index (χ3n) is 5.38. The molecule has 1 aliphatic rings. The van der Waals surface area contributed by atoms with Crippen LogP contribution in [0.15, 0.2) is 60.7 Å². The Morgan fingerprint density at radius 3 is 2.23 bits per heavy atom. The van der Waals surface area contributed by atoms with E-state index >= 15 is 0 Å². The van der Waals surface area contributed by atoms with Gasteiger partial charge in [-0.2, -0.15) is 5.26 Å². The average Bonchev–Trinajstić information content (AvgIpc) is 3.16. The molecule has 2 aromatic carbocycles. The smallest absolute Gasteiger partial charge is 0.318 e. The van der Waals surface area contributed by atoms with Gasteiger partial charge in [0.05, 0.1) is 5.56 Å².